The zero-order valence-electron chi connectivity index (χ0n) is 22.8. The molecule has 3 nitrogen and oxygen atoms in total. The lowest BCUT2D eigenvalue weighted by Gasteiger charge is -2.26. The Hall–Kier alpha value is -5.67. The number of para-hydroxylation sites is 2. The van der Waals surface area contributed by atoms with Crippen molar-refractivity contribution in [2.45, 2.75) is 0 Å². The predicted octanol–water partition coefficient (Wildman–Crippen LogP) is 10.9. The molecule has 0 aliphatic carbocycles. The fourth-order valence-corrected chi connectivity index (χ4v) is 5.84. The Morgan fingerprint density at radius 2 is 1.00 bits per heavy atom. The van der Waals surface area contributed by atoms with E-state index in [0.717, 1.165) is 49.9 Å². The van der Waals surface area contributed by atoms with Crippen LogP contribution in [0.5, 0.6) is 0 Å². The minimum Gasteiger partial charge on any atom is -0.456 e. The first kappa shape index (κ1) is 24.2. The minimum atomic E-state index is 0.849. The number of hydrogen-bond acceptors (Lipinski definition) is 3. The molecular formula is C39H26N2O. The molecule has 8 rings (SSSR count). The van der Waals surface area contributed by atoms with Gasteiger partial charge in [-0.3, -0.25) is 4.98 Å². The number of furan rings is 1. The Kier molecular flexibility index (Phi) is 5.79. The van der Waals surface area contributed by atoms with Gasteiger partial charge in [0.2, 0.25) is 0 Å². The number of aromatic nitrogens is 1. The van der Waals surface area contributed by atoms with Crippen molar-refractivity contribution in [3.05, 3.63) is 158 Å². The normalized spacial score (nSPS) is 11.3. The van der Waals surface area contributed by atoms with Crippen LogP contribution in [0.3, 0.4) is 0 Å². The number of hydrogen-bond donors (Lipinski definition) is 0. The Bertz CT molecular complexity index is 2170. The Balaban J connectivity index is 1.23. The molecule has 2 heterocycles. The average Bonchev–Trinajstić information content (AvgIpc) is 3.43. The van der Waals surface area contributed by atoms with Gasteiger partial charge in [0, 0.05) is 39.8 Å². The van der Waals surface area contributed by atoms with Gasteiger partial charge in [-0.15, -0.1) is 0 Å². The molecule has 0 aliphatic heterocycles. The van der Waals surface area contributed by atoms with Crippen LogP contribution in [0.4, 0.5) is 17.1 Å². The number of fused-ring (bicyclic) bond motifs is 4. The zero-order valence-corrected chi connectivity index (χ0v) is 22.8. The van der Waals surface area contributed by atoms with Gasteiger partial charge in [0.05, 0.1) is 11.2 Å². The van der Waals surface area contributed by atoms with Crippen LogP contribution in [0, 0.1) is 0 Å². The van der Waals surface area contributed by atoms with Crippen molar-refractivity contribution >= 4 is 49.9 Å². The maximum Gasteiger partial charge on any atom is 0.137 e. The van der Waals surface area contributed by atoms with E-state index in [0.29, 0.717) is 0 Å². The SMILES string of the molecule is c1ccc(-c2ccc(-c3ccc(N(c4ccccc4)c4ccnc5cc6oc7ccccc7c6cc45)cc3)cc2)cc1. The van der Waals surface area contributed by atoms with Crippen LogP contribution in [0.1, 0.15) is 0 Å². The van der Waals surface area contributed by atoms with Crippen LogP contribution in [-0.2, 0) is 0 Å². The second-order valence-electron chi connectivity index (χ2n) is 10.5. The molecule has 0 atom stereocenters. The number of benzene rings is 6. The number of anilines is 3. The second-order valence-corrected chi connectivity index (χ2v) is 10.5. The summed E-state index contributed by atoms with van der Waals surface area (Å²) >= 11 is 0. The Morgan fingerprint density at radius 3 is 1.71 bits per heavy atom. The maximum absolute atomic E-state index is 6.16. The number of rotatable bonds is 5. The van der Waals surface area contributed by atoms with E-state index in [9.17, 15) is 0 Å². The number of nitrogens with zero attached hydrogens (tertiary/aromatic N) is 2. The van der Waals surface area contributed by atoms with E-state index >= 15 is 0 Å². The summed E-state index contributed by atoms with van der Waals surface area (Å²) < 4.78 is 6.16. The van der Waals surface area contributed by atoms with Crippen LogP contribution < -0.4 is 4.90 Å². The summed E-state index contributed by atoms with van der Waals surface area (Å²) in [6, 6.07) is 53.1. The van der Waals surface area contributed by atoms with E-state index in [2.05, 4.69) is 138 Å². The van der Waals surface area contributed by atoms with E-state index < -0.39 is 0 Å². The average molecular weight is 539 g/mol. The largest absolute Gasteiger partial charge is 0.456 e. The highest BCUT2D eigenvalue weighted by Crippen LogP contribution is 2.41. The highest BCUT2D eigenvalue weighted by atomic mass is 16.3. The highest BCUT2D eigenvalue weighted by Gasteiger charge is 2.18. The zero-order chi connectivity index (χ0) is 27.9. The third-order valence-electron chi connectivity index (χ3n) is 7.92. The lowest BCUT2D eigenvalue weighted by atomic mass is 10.00. The first-order chi connectivity index (χ1) is 20.8. The summed E-state index contributed by atoms with van der Waals surface area (Å²) in [5.41, 5.74) is 10.7. The second kappa shape index (κ2) is 10.1. The standard InChI is InChI=1S/C39H26N2O/c1-3-9-27(10-4-1)28-15-17-29(18-16-28)30-19-21-32(22-20-30)41(31-11-5-2-6-12-31)37-23-24-40-36-26-39-34(25-35(36)37)33-13-7-8-14-38(33)42-39/h1-26H. The Labute approximate surface area is 243 Å². The maximum atomic E-state index is 6.16. The van der Waals surface area contributed by atoms with Gasteiger partial charge in [-0.2, -0.15) is 0 Å². The molecule has 3 heteroatoms. The molecular weight excluding hydrogens is 512 g/mol. The summed E-state index contributed by atoms with van der Waals surface area (Å²) in [7, 11) is 0. The summed E-state index contributed by atoms with van der Waals surface area (Å²) in [6.07, 6.45) is 1.88. The topological polar surface area (TPSA) is 29.3 Å². The molecule has 2 aromatic heterocycles. The fraction of sp³-hybridized carbons (Fsp3) is 0. The highest BCUT2D eigenvalue weighted by molar-refractivity contribution is 6.12. The molecule has 0 amide bonds. The summed E-state index contributed by atoms with van der Waals surface area (Å²) in [6.45, 7) is 0. The van der Waals surface area contributed by atoms with Crippen LogP contribution in [0.2, 0.25) is 0 Å². The van der Waals surface area contributed by atoms with Crippen LogP contribution in [-0.4, -0.2) is 4.98 Å². The third-order valence-corrected chi connectivity index (χ3v) is 7.92. The van der Waals surface area contributed by atoms with Gasteiger partial charge in [-0.25, -0.2) is 0 Å². The van der Waals surface area contributed by atoms with Crippen molar-refractivity contribution in [1.29, 1.82) is 0 Å². The van der Waals surface area contributed by atoms with Crippen molar-refractivity contribution < 1.29 is 4.42 Å². The van der Waals surface area contributed by atoms with Crippen molar-refractivity contribution in [2.75, 3.05) is 4.90 Å². The molecule has 0 N–H and O–H groups in total. The van der Waals surface area contributed by atoms with Gasteiger partial charge in [-0.05, 0) is 64.7 Å². The van der Waals surface area contributed by atoms with Crippen LogP contribution in [0.25, 0.3) is 55.1 Å². The van der Waals surface area contributed by atoms with E-state index in [1.54, 1.807) is 0 Å². The molecule has 0 saturated carbocycles. The molecule has 0 spiro atoms. The monoisotopic (exact) mass is 538 g/mol. The molecule has 0 unspecified atom stereocenters. The molecule has 8 aromatic rings. The molecule has 0 saturated heterocycles. The lowest BCUT2D eigenvalue weighted by Crippen LogP contribution is -2.10. The fourth-order valence-electron chi connectivity index (χ4n) is 5.84. The van der Waals surface area contributed by atoms with Gasteiger partial charge in [0.15, 0.2) is 0 Å². The lowest BCUT2D eigenvalue weighted by molar-refractivity contribution is 0.669. The summed E-state index contributed by atoms with van der Waals surface area (Å²) in [4.78, 5) is 7.03. The van der Waals surface area contributed by atoms with Gasteiger partial charge in [0.25, 0.3) is 0 Å². The van der Waals surface area contributed by atoms with Crippen LogP contribution in [0.15, 0.2) is 162 Å². The van der Waals surface area contributed by atoms with E-state index in [1.807, 2.05) is 24.4 Å². The van der Waals surface area contributed by atoms with Crippen molar-refractivity contribution in [3.63, 3.8) is 0 Å². The molecule has 0 aliphatic rings. The van der Waals surface area contributed by atoms with E-state index in [-0.39, 0.29) is 0 Å². The first-order valence-electron chi connectivity index (χ1n) is 14.1. The molecule has 0 fully saturated rings. The van der Waals surface area contributed by atoms with Gasteiger partial charge < -0.3 is 9.32 Å². The summed E-state index contributed by atoms with van der Waals surface area (Å²) in [5.74, 6) is 0. The summed E-state index contributed by atoms with van der Waals surface area (Å²) in [5, 5.41) is 3.27. The quantitative estimate of drug-likeness (QED) is 0.218. The van der Waals surface area contributed by atoms with Crippen LogP contribution >= 0.6 is 0 Å². The van der Waals surface area contributed by atoms with Crippen molar-refractivity contribution in [2.24, 2.45) is 0 Å². The molecule has 42 heavy (non-hydrogen) atoms. The first-order valence-corrected chi connectivity index (χ1v) is 14.1. The van der Waals surface area contributed by atoms with Crippen molar-refractivity contribution in [1.82, 2.24) is 4.98 Å². The van der Waals surface area contributed by atoms with Crippen molar-refractivity contribution in [3.8, 4) is 22.3 Å². The number of pyridine rings is 1. The van der Waals surface area contributed by atoms with Gasteiger partial charge in [-0.1, -0.05) is 103 Å². The third kappa shape index (κ3) is 4.20. The molecule has 198 valence electrons. The smallest absolute Gasteiger partial charge is 0.137 e. The van der Waals surface area contributed by atoms with E-state index in [1.165, 1.54) is 22.3 Å². The van der Waals surface area contributed by atoms with Gasteiger partial charge >= 0.3 is 0 Å². The van der Waals surface area contributed by atoms with E-state index in [4.69, 9.17) is 9.40 Å². The Morgan fingerprint density at radius 1 is 0.429 bits per heavy atom. The molecule has 0 bridgehead atoms. The predicted molar refractivity (Wildman–Crippen MR) is 175 cm³/mol. The molecule has 0 radical (unpaired) electrons. The molecule has 6 aromatic carbocycles. The van der Waals surface area contributed by atoms with Gasteiger partial charge in [0.1, 0.15) is 11.2 Å². The minimum absolute atomic E-state index is 0.849.